The van der Waals surface area contributed by atoms with E-state index >= 15 is 0 Å². The normalized spacial score (nSPS) is 14.4. The van der Waals surface area contributed by atoms with E-state index in [1.54, 1.807) is 0 Å². The van der Waals surface area contributed by atoms with Gasteiger partial charge in [0.1, 0.15) is 0 Å². The van der Waals surface area contributed by atoms with Crippen LogP contribution in [0.1, 0.15) is 13.8 Å². The van der Waals surface area contributed by atoms with Crippen molar-refractivity contribution in [3.8, 4) is 0 Å². The van der Waals surface area contributed by atoms with Gasteiger partial charge in [0.15, 0.2) is 4.80 Å². The fourth-order valence-corrected chi connectivity index (χ4v) is 2.67. The van der Waals surface area contributed by atoms with Crippen molar-refractivity contribution in [2.75, 3.05) is 0 Å². The molecule has 2 rings (SSSR count). The molecule has 0 saturated heterocycles. The molecule has 96 valence electrons. The van der Waals surface area contributed by atoms with Gasteiger partial charge in [-0.1, -0.05) is 37.3 Å². The molecule has 0 spiro atoms. The Morgan fingerprint density at radius 3 is 2.67 bits per heavy atom. The van der Waals surface area contributed by atoms with Crippen LogP contribution >= 0.6 is 11.3 Å². The summed E-state index contributed by atoms with van der Waals surface area (Å²) in [6, 6.07) is 7.45. The zero-order valence-corrected chi connectivity index (χ0v) is 11.6. The van der Waals surface area contributed by atoms with Gasteiger partial charge in [-0.25, -0.2) is 0 Å². The first-order chi connectivity index (χ1) is 8.50. The first-order valence-electron chi connectivity index (χ1n) is 5.89. The summed E-state index contributed by atoms with van der Waals surface area (Å²) in [4.78, 5) is 16.7. The summed E-state index contributed by atoms with van der Waals surface area (Å²) in [5.41, 5.74) is 6.88. The highest BCUT2D eigenvalue weighted by molar-refractivity contribution is 7.16. The van der Waals surface area contributed by atoms with Crippen molar-refractivity contribution >= 4 is 27.5 Å². The topological polar surface area (TPSA) is 60.4 Å². The number of nitrogens with two attached hydrogens (primary N) is 1. The number of amides is 1. The smallest absolute Gasteiger partial charge is 0.265 e. The quantitative estimate of drug-likeness (QED) is 0.895. The lowest BCUT2D eigenvalue weighted by Gasteiger charge is -2.09. The maximum absolute atomic E-state index is 11.9. The molecule has 0 saturated carbocycles. The summed E-state index contributed by atoms with van der Waals surface area (Å²) < 4.78 is 3.04. The molecule has 0 aliphatic rings. The van der Waals surface area contributed by atoms with E-state index in [1.165, 1.54) is 11.3 Å². The Labute approximate surface area is 110 Å². The fourth-order valence-electron chi connectivity index (χ4n) is 1.64. The van der Waals surface area contributed by atoms with E-state index in [0.29, 0.717) is 4.80 Å². The lowest BCUT2D eigenvalue weighted by molar-refractivity contribution is -0.120. The number of carbonyl (C=O) groups excluding carboxylic acids is 1. The van der Waals surface area contributed by atoms with Crippen molar-refractivity contribution in [2.45, 2.75) is 19.9 Å². The highest BCUT2D eigenvalue weighted by Gasteiger charge is 2.16. The van der Waals surface area contributed by atoms with E-state index in [9.17, 15) is 4.79 Å². The largest absolute Gasteiger partial charge is 0.320 e. The van der Waals surface area contributed by atoms with E-state index in [0.717, 1.165) is 10.2 Å². The minimum absolute atomic E-state index is 0.0981. The number of nitrogens with zero attached hydrogens (tertiary/aromatic N) is 2. The minimum atomic E-state index is -0.532. The molecule has 1 aromatic heterocycles. The summed E-state index contributed by atoms with van der Waals surface area (Å²) in [6.07, 6.45) is 0. The number of rotatable bonds is 2. The molecule has 4 nitrogen and oxygen atoms in total. The zero-order valence-electron chi connectivity index (χ0n) is 10.8. The number of thiazole rings is 1. The minimum Gasteiger partial charge on any atom is -0.320 e. The first-order valence-corrected chi connectivity index (χ1v) is 6.71. The van der Waals surface area contributed by atoms with Gasteiger partial charge in [0.2, 0.25) is 0 Å². The summed E-state index contributed by atoms with van der Waals surface area (Å²) in [5, 5.41) is 0. The number of aromatic nitrogens is 1. The van der Waals surface area contributed by atoms with Crippen molar-refractivity contribution < 1.29 is 4.79 Å². The van der Waals surface area contributed by atoms with Gasteiger partial charge in [-0.3, -0.25) is 4.79 Å². The summed E-state index contributed by atoms with van der Waals surface area (Å²) in [6.45, 7) is 3.84. The van der Waals surface area contributed by atoms with Crippen molar-refractivity contribution in [1.82, 2.24) is 4.57 Å². The SMILES string of the molecule is CC(C)[C@H](N)C(=O)N=c1sc2ccccc2n1C. The van der Waals surface area contributed by atoms with Crippen LogP contribution in [0, 0.1) is 5.92 Å². The Morgan fingerprint density at radius 1 is 1.39 bits per heavy atom. The van der Waals surface area contributed by atoms with E-state index in [1.807, 2.05) is 49.7 Å². The van der Waals surface area contributed by atoms with Crippen LogP contribution in [0.3, 0.4) is 0 Å². The van der Waals surface area contributed by atoms with Crippen LogP contribution in [0.25, 0.3) is 10.2 Å². The fraction of sp³-hybridized carbons (Fsp3) is 0.385. The number of hydrogen-bond acceptors (Lipinski definition) is 3. The molecule has 0 aliphatic heterocycles. The molecule has 0 aliphatic carbocycles. The number of para-hydroxylation sites is 1. The molecule has 0 fully saturated rings. The van der Waals surface area contributed by atoms with Gasteiger partial charge in [0.05, 0.1) is 16.3 Å². The van der Waals surface area contributed by atoms with Gasteiger partial charge in [-0.2, -0.15) is 4.99 Å². The highest BCUT2D eigenvalue weighted by atomic mass is 32.1. The number of hydrogen-bond donors (Lipinski definition) is 1. The molecule has 0 bridgehead atoms. The number of benzene rings is 1. The van der Waals surface area contributed by atoms with Gasteiger partial charge < -0.3 is 10.3 Å². The van der Waals surface area contributed by atoms with Gasteiger partial charge >= 0.3 is 0 Å². The molecule has 1 aromatic carbocycles. The van der Waals surface area contributed by atoms with Crippen LogP contribution in [0.5, 0.6) is 0 Å². The monoisotopic (exact) mass is 263 g/mol. The summed E-state index contributed by atoms with van der Waals surface area (Å²) >= 11 is 1.50. The third kappa shape index (κ3) is 2.37. The second kappa shape index (κ2) is 5.04. The molecule has 0 unspecified atom stereocenters. The van der Waals surface area contributed by atoms with Crippen molar-refractivity contribution in [3.63, 3.8) is 0 Å². The van der Waals surface area contributed by atoms with Crippen LogP contribution in [-0.4, -0.2) is 16.5 Å². The Kier molecular flexibility index (Phi) is 3.63. The third-order valence-electron chi connectivity index (χ3n) is 2.92. The summed E-state index contributed by atoms with van der Waals surface area (Å²) in [7, 11) is 1.91. The highest BCUT2D eigenvalue weighted by Crippen LogP contribution is 2.15. The molecule has 0 radical (unpaired) electrons. The van der Waals surface area contributed by atoms with E-state index < -0.39 is 6.04 Å². The Hall–Kier alpha value is -1.46. The lowest BCUT2D eigenvalue weighted by atomic mass is 10.1. The van der Waals surface area contributed by atoms with Gasteiger partial charge in [0, 0.05) is 7.05 Å². The second-order valence-electron chi connectivity index (χ2n) is 4.63. The predicted octanol–water partition coefficient (Wildman–Crippen LogP) is 1.65. The van der Waals surface area contributed by atoms with Gasteiger partial charge in [0.25, 0.3) is 5.91 Å². The Bertz CT molecular complexity index is 639. The van der Waals surface area contributed by atoms with Crippen LogP contribution in [0.4, 0.5) is 0 Å². The Balaban J connectivity index is 2.48. The number of fused-ring (bicyclic) bond motifs is 1. The van der Waals surface area contributed by atoms with Crippen molar-refractivity contribution in [2.24, 2.45) is 23.7 Å². The molecule has 5 heteroatoms. The number of aryl methyl sites for hydroxylation is 1. The maximum Gasteiger partial charge on any atom is 0.265 e. The lowest BCUT2D eigenvalue weighted by Crippen LogP contribution is -2.35. The Morgan fingerprint density at radius 2 is 2.06 bits per heavy atom. The van der Waals surface area contributed by atoms with Crippen LogP contribution in [0.2, 0.25) is 0 Å². The molecular formula is C13H17N3OS. The third-order valence-corrected chi connectivity index (χ3v) is 4.04. The number of carbonyl (C=O) groups is 1. The molecule has 1 atom stereocenters. The first kappa shape index (κ1) is 13.0. The molecule has 1 amide bonds. The predicted molar refractivity (Wildman–Crippen MR) is 74.2 cm³/mol. The van der Waals surface area contributed by atoms with Crippen molar-refractivity contribution in [3.05, 3.63) is 29.1 Å². The van der Waals surface area contributed by atoms with Crippen molar-refractivity contribution in [1.29, 1.82) is 0 Å². The molecule has 2 N–H and O–H groups in total. The van der Waals surface area contributed by atoms with E-state index in [-0.39, 0.29) is 11.8 Å². The molecule has 18 heavy (non-hydrogen) atoms. The van der Waals surface area contributed by atoms with E-state index in [2.05, 4.69) is 4.99 Å². The standard InChI is InChI=1S/C13H17N3OS/c1-8(2)11(14)12(17)15-13-16(3)9-6-4-5-7-10(9)18-13/h4-8,11H,14H2,1-3H3/t11-/m0/s1. The average Bonchev–Trinajstić information content (AvgIpc) is 2.66. The van der Waals surface area contributed by atoms with E-state index in [4.69, 9.17) is 5.73 Å². The van der Waals surface area contributed by atoms with Crippen LogP contribution in [-0.2, 0) is 11.8 Å². The van der Waals surface area contributed by atoms with Crippen LogP contribution < -0.4 is 10.5 Å². The van der Waals surface area contributed by atoms with Gasteiger partial charge in [-0.15, -0.1) is 0 Å². The summed E-state index contributed by atoms with van der Waals surface area (Å²) in [5.74, 6) is -0.159. The second-order valence-corrected chi connectivity index (χ2v) is 5.64. The average molecular weight is 263 g/mol. The molecular weight excluding hydrogens is 246 g/mol. The zero-order chi connectivity index (χ0) is 13.3. The maximum atomic E-state index is 11.9. The molecule has 1 heterocycles. The van der Waals surface area contributed by atoms with Gasteiger partial charge in [-0.05, 0) is 18.1 Å². The van der Waals surface area contributed by atoms with Crippen LogP contribution in [0.15, 0.2) is 29.3 Å². The molecule has 2 aromatic rings.